The lowest BCUT2D eigenvalue weighted by atomic mass is 9.90. The zero-order chi connectivity index (χ0) is 18.4. The quantitative estimate of drug-likeness (QED) is 0.833. The van der Waals surface area contributed by atoms with Gasteiger partial charge in [-0.3, -0.25) is 0 Å². The molecule has 2 aromatic carbocycles. The van der Waals surface area contributed by atoms with Gasteiger partial charge in [-0.05, 0) is 68.4 Å². The highest BCUT2D eigenvalue weighted by atomic mass is 16.5. The number of rotatable bonds is 5. The van der Waals surface area contributed by atoms with E-state index >= 15 is 0 Å². The van der Waals surface area contributed by atoms with Gasteiger partial charge in [0.05, 0.1) is 7.11 Å². The second-order valence-corrected chi connectivity index (χ2v) is 7.11. The third-order valence-electron chi connectivity index (χ3n) is 5.20. The summed E-state index contributed by atoms with van der Waals surface area (Å²) >= 11 is 0. The average molecular weight is 352 g/mol. The fraction of sp³-hybridized carbons (Fsp3) is 0.409. The zero-order valence-electron chi connectivity index (χ0n) is 15.7. The summed E-state index contributed by atoms with van der Waals surface area (Å²) < 4.78 is 5.20. The maximum atomic E-state index is 12.4. The predicted molar refractivity (Wildman–Crippen MR) is 106 cm³/mol. The minimum Gasteiger partial charge on any atom is -0.497 e. The lowest BCUT2D eigenvalue weighted by Gasteiger charge is -2.32. The Labute approximate surface area is 156 Å². The molecule has 0 unspecified atom stereocenters. The molecule has 1 heterocycles. The number of likely N-dealkylation sites (tertiary alicyclic amines) is 1. The van der Waals surface area contributed by atoms with Gasteiger partial charge >= 0.3 is 6.03 Å². The maximum absolute atomic E-state index is 12.4. The summed E-state index contributed by atoms with van der Waals surface area (Å²) in [5.74, 6) is 1.60. The SMILES string of the molecule is COc1ccc(CCC2CCN(C(=O)Nc3ccc(C)cc3)CC2)cc1. The molecule has 138 valence electrons. The fourth-order valence-electron chi connectivity index (χ4n) is 3.43. The van der Waals surface area contributed by atoms with Crippen molar-refractivity contribution in [1.29, 1.82) is 0 Å². The predicted octanol–water partition coefficient (Wildman–Crippen LogP) is 4.88. The number of piperidine rings is 1. The molecule has 0 aliphatic carbocycles. The smallest absolute Gasteiger partial charge is 0.321 e. The standard InChI is InChI=1S/C22H28N2O2/c1-17-3-9-20(10-4-17)23-22(25)24-15-13-19(14-16-24)6-5-18-7-11-21(26-2)12-8-18/h3-4,7-12,19H,5-6,13-16H2,1-2H3,(H,23,25). The first-order chi connectivity index (χ1) is 12.6. The molecular weight excluding hydrogens is 324 g/mol. The monoisotopic (exact) mass is 352 g/mol. The van der Waals surface area contributed by atoms with E-state index in [1.807, 2.05) is 48.2 Å². The van der Waals surface area contributed by atoms with Crippen LogP contribution in [0.3, 0.4) is 0 Å². The molecule has 1 N–H and O–H groups in total. The molecule has 4 nitrogen and oxygen atoms in total. The van der Waals surface area contributed by atoms with Gasteiger partial charge in [0.1, 0.15) is 5.75 Å². The Balaban J connectivity index is 1.41. The topological polar surface area (TPSA) is 41.6 Å². The van der Waals surface area contributed by atoms with Gasteiger partial charge in [0.25, 0.3) is 0 Å². The number of urea groups is 1. The van der Waals surface area contributed by atoms with Crippen LogP contribution in [-0.4, -0.2) is 31.1 Å². The Kier molecular flexibility index (Phi) is 6.16. The lowest BCUT2D eigenvalue weighted by Crippen LogP contribution is -2.41. The minimum absolute atomic E-state index is 0.0162. The Hall–Kier alpha value is -2.49. The van der Waals surface area contributed by atoms with Gasteiger partial charge in [-0.15, -0.1) is 0 Å². The summed E-state index contributed by atoms with van der Waals surface area (Å²) in [6.45, 7) is 3.72. The summed E-state index contributed by atoms with van der Waals surface area (Å²) in [6, 6.07) is 16.3. The van der Waals surface area contributed by atoms with Crippen molar-refractivity contribution in [3.05, 3.63) is 59.7 Å². The molecule has 26 heavy (non-hydrogen) atoms. The van der Waals surface area contributed by atoms with Crippen molar-refractivity contribution in [3.8, 4) is 5.75 Å². The third kappa shape index (κ3) is 5.01. The summed E-state index contributed by atoms with van der Waals surface area (Å²) in [6.07, 6.45) is 4.43. The van der Waals surface area contributed by atoms with E-state index in [1.165, 1.54) is 17.5 Å². The number of carbonyl (C=O) groups is 1. The molecule has 0 aromatic heterocycles. The highest BCUT2D eigenvalue weighted by Gasteiger charge is 2.22. The van der Waals surface area contributed by atoms with Crippen molar-refractivity contribution in [3.63, 3.8) is 0 Å². The molecule has 1 aliphatic rings. The molecule has 1 aliphatic heterocycles. The number of amides is 2. The number of methoxy groups -OCH3 is 1. The number of nitrogens with one attached hydrogen (secondary N) is 1. The number of anilines is 1. The van der Waals surface area contributed by atoms with Crippen LogP contribution < -0.4 is 10.1 Å². The lowest BCUT2D eigenvalue weighted by molar-refractivity contribution is 0.180. The van der Waals surface area contributed by atoms with Crippen molar-refractivity contribution < 1.29 is 9.53 Å². The first-order valence-corrected chi connectivity index (χ1v) is 9.39. The Morgan fingerprint density at radius 3 is 2.35 bits per heavy atom. The normalized spacial score (nSPS) is 14.9. The molecule has 0 spiro atoms. The zero-order valence-corrected chi connectivity index (χ0v) is 15.7. The van der Waals surface area contributed by atoms with Crippen molar-refractivity contribution in [2.75, 3.05) is 25.5 Å². The van der Waals surface area contributed by atoms with Crippen molar-refractivity contribution in [2.24, 2.45) is 5.92 Å². The number of ether oxygens (including phenoxy) is 1. The van der Waals surface area contributed by atoms with Gasteiger partial charge in [-0.2, -0.15) is 0 Å². The molecule has 2 amide bonds. The Morgan fingerprint density at radius 2 is 1.73 bits per heavy atom. The van der Waals surface area contributed by atoms with Crippen LogP contribution in [0.25, 0.3) is 0 Å². The van der Waals surface area contributed by atoms with E-state index in [1.54, 1.807) is 7.11 Å². The second kappa shape index (κ2) is 8.75. The summed E-state index contributed by atoms with van der Waals surface area (Å²) in [5, 5.41) is 3.00. The molecule has 0 atom stereocenters. The van der Waals surface area contributed by atoms with Gasteiger partial charge in [-0.25, -0.2) is 4.79 Å². The molecule has 0 radical (unpaired) electrons. The number of aryl methyl sites for hydroxylation is 2. The average Bonchev–Trinajstić information content (AvgIpc) is 2.69. The molecule has 0 saturated carbocycles. The maximum Gasteiger partial charge on any atom is 0.321 e. The molecule has 0 bridgehead atoms. The van der Waals surface area contributed by atoms with Crippen LogP contribution >= 0.6 is 0 Å². The number of hydrogen-bond acceptors (Lipinski definition) is 2. The van der Waals surface area contributed by atoms with Crippen LogP contribution in [0.2, 0.25) is 0 Å². The summed E-state index contributed by atoms with van der Waals surface area (Å²) in [5.41, 5.74) is 3.41. The fourth-order valence-corrected chi connectivity index (χ4v) is 3.43. The van der Waals surface area contributed by atoms with Crippen molar-refractivity contribution in [1.82, 2.24) is 4.90 Å². The summed E-state index contributed by atoms with van der Waals surface area (Å²) in [7, 11) is 1.69. The number of benzene rings is 2. The van der Waals surface area contributed by atoms with E-state index in [9.17, 15) is 4.79 Å². The van der Waals surface area contributed by atoms with E-state index in [0.717, 1.165) is 43.8 Å². The second-order valence-electron chi connectivity index (χ2n) is 7.11. The van der Waals surface area contributed by atoms with Crippen LogP contribution in [0.5, 0.6) is 5.75 Å². The van der Waals surface area contributed by atoms with E-state index in [2.05, 4.69) is 17.4 Å². The molecular formula is C22H28N2O2. The van der Waals surface area contributed by atoms with Crippen LogP contribution in [0.15, 0.2) is 48.5 Å². The van der Waals surface area contributed by atoms with Gasteiger partial charge in [0, 0.05) is 18.8 Å². The van der Waals surface area contributed by atoms with E-state index in [-0.39, 0.29) is 6.03 Å². The highest BCUT2D eigenvalue weighted by Crippen LogP contribution is 2.24. The van der Waals surface area contributed by atoms with Gasteiger partial charge in [0.15, 0.2) is 0 Å². The van der Waals surface area contributed by atoms with Crippen LogP contribution in [-0.2, 0) is 6.42 Å². The first kappa shape index (κ1) is 18.3. The largest absolute Gasteiger partial charge is 0.497 e. The highest BCUT2D eigenvalue weighted by molar-refractivity contribution is 5.89. The van der Waals surface area contributed by atoms with Gasteiger partial charge in [0.2, 0.25) is 0 Å². The minimum atomic E-state index is 0.0162. The molecule has 4 heteroatoms. The molecule has 2 aromatic rings. The van der Waals surface area contributed by atoms with E-state index < -0.39 is 0 Å². The van der Waals surface area contributed by atoms with Crippen molar-refractivity contribution >= 4 is 11.7 Å². The Bertz CT molecular complexity index is 702. The van der Waals surface area contributed by atoms with Crippen LogP contribution in [0.1, 0.15) is 30.4 Å². The van der Waals surface area contributed by atoms with Gasteiger partial charge in [-0.1, -0.05) is 29.8 Å². The number of hydrogen-bond donors (Lipinski definition) is 1. The first-order valence-electron chi connectivity index (χ1n) is 9.39. The molecule has 1 saturated heterocycles. The molecule has 3 rings (SSSR count). The van der Waals surface area contributed by atoms with Crippen LogP contribution in [0.4, 0.5) is 10.5 Å². The van der Waals surface area contributed by atoms with E-state index in [0.29, 0.717) is 5.92 Å². The van der Waals surface area contributed by atoms with Crippen molar-refractivity contribution in [2.45, 2.75) is 32.6 Å². The Morgan fingerprint density at radius 1 is 1.08 bits per heavy atom. The summed E-state index contributed by atoms with van der Waals surface area (Å²) in [4.78, 5) is 14.3. The van der Waals surface area contributed by atoms with Crippen LogP contribution in [0, 0.1) is 12.8 Å². The molecule has 1 fully saturated rings. The van der Waals surface area contributed by atoms with E-state index in [4.69, 9.17) is 4.74 Å². The number of carbonyl (C=O) groups excluding carboxylic acids is 1. The van der Waals surface area contributed by atoms with Gasteiger partial charge < -0.3 is 15.0 Å². The number of nitrogens with zero attached hydrogens (tertiary/aromatic N) is 1. The third-order valence-corrected chi connectivity index (χ3v) is 5.20.